The highest BCUT2D eigenvalue weighted by molar-refractivity contribution is 6.70. The summed E-state index contributed by atoms with van der Waals surface area (Å²) >= 11 is 0. The average Bonchev–Trinajstić information content (AvgIpc) is 2.54. The van der Waals surface area contributed by atoms with E-state index in [4.69, 9.17) is 13.6 Å². The van der Waals surface area contributed by atoms with E-state index in [2.05, 4.69) is 46.2 Å². The van der Waals surface area contributed by atoms with Gasteiger partial charge in [0.05, 0.1) is 6.61 Å². The fraction of sp³-hybridized carbons (Fsp3) is 0.952. The maximum Gasteiger partial charge on any atom is 0.305 e. The molecule has 27 heavy (non-hydrogen) atoms. The zero-order valence-corrected chi connectivity index (χ0v) is 21.2. The lowest BCUT2D eigenvalue weighted by atomic mass is 10.1. The Balaban J connectivity index is 3.91. The lowest BCUT2D eigenvalue weighted by molar-refractivity contribution is -0.146. The monoisotopic (exact) mass is 418 g/mol. The molecule has 0 amide bonds. The molecule has 0 N–H and O–H groups in total. The fourth-order valence-electron chi connectivity index (χ4n) is 2.80. The normalized spacial score (nSPS) is 13.6. The van der Waals surface area contributed by atoms with Gasteiger partial charge in [-0.2, -0.15) is 0 Å². The largest absolute Gasteiger partial charge is 0.463 e. The quantitative estimate of drug-likeness (QED) is 0.153. The van der Waals surface area contributed by atoms with Crippen molar-refractivity contribution in [2.24, 2.45) is 0 Å². The van der Waals surface area contributed by atoms with E-state index in [1.807, 2.05) is 0 Å². The highest BCUT2D eigenvalue weighted by Gasteiger charge is 2.25. The number of hydrogen-bond acceptors (Lipinski definition) is 4. The van der Waals surface area contributed by atoms with E-state index in [9.17, 15) is 4.79 Å². The molecular weight excluding hydrogens is 372 g/mol. The lowest BCUT2D eigenvalue weighted by Crippen LogP contribution is -2.40. The van der Waals surface area contributed by atoms with Crippen LogP contribution in [0.3, 0.4) is 0 Å². The summed E-state index contributed by atoms with van der Waals surface area (Å²) in [5.41, 5.74) is 0. The summed E-state index contributed by atoms with van der Waals surface area (Å²) in [4.78, 5) is 12.0. The molecule has 1 unspecified atom stereocenters. The second-order valence-corrected chi connectivity index (χ2v) is 18.5. The minimum Gasteiger partial charge on any atom is -0.463 e. The molecule has 6 heteroatoms. The van der Waals surface area contributed by atoms with Crippen LogP contribution in [0.1, 0.15) is 71.1 Å². The van der Waals surface area contributed by atoms with Gasteiger partial charge in [0, 0.05) is 6.42 Å². The van der Waals surface area contributed by atoms with Crippen molar-refractivity contribution in [1.29, 1.82) is 0 Å². The SMILES string of the molecule is CCCCCCCCCCCC(=O)OCC(CO[Si](C)(C)C)O[Si](C)(C)C. The molecule has 0 spiro atoms. The van der Waals surface area contributed by atoms with Crippen LogP contribution in [0.2, 0.25) is 39.3 Å². The van der Waals surface area contributed by atoms with E-state index in [1.54, 1.807) is 0 Å². The molecule has 0 saturated heterocycles. The van der Waals surface area contributed by atoms with Crippen LogP contribution in [0, 0.1) is 0 Å². The van der Waals surface area contributed by atoms with E-state index in [0.29, 0.717) is 19.6 Å². The van der Waals surface area contributed by atoms with Crippen molar-refractivity contribution >= 4 is 22.6 Å². The predicted molar refractivity (Wildman–Crippen MR) is 120 cm³/mol. The summed E-state index contributed by atoms with van der Waals surface area (Å²) in [7, 11) is -3.30. The van der Waals surface area contributed by atoms with Crippen LogP contribution in [-0.2, 0) is 18.4 Å². The van der Waals surface area contributed by atoms with E-state index in [-0.39, 0.29) is 12.1 Å². The first kappa shape index (κ1) is 26.8. The Labute approximate surface area is 171 Å². The molecule has 0 heterocycles. The van der Waals surface area contributed by atoms with Crippen molar-refractivity contribution in [2.75, 3.05) is 13.2 Å². The molecule has 0 radical (unpaired) electrons. The van der Waals surface area contributed by atoms with Crippen molar-refractivity contribution in [1.82, 2.24) is 0 Å². The van der Waals surface area contributed by atoms with Gasteiger partial charge in [-0.1, -0.05) is 58.3 Å². The van der Waals surface area contributed by atoms with Crippen molar-refractivity contribution in [3.8, 4) is 0 Å². The first-order chi connectivity index (χ1) is 12.5. The number of rotatable bonds is 17. The Morgan fingerprint density at radius 2 is 1.26 bits per heavy atom. The van der Waals surface area contributed by atoms with Crippen LogP contribution in [-0.4, -0.2) is 41.9 Å². The number of carbonyl (C=O) groups excluding carboxylic acids is 1. The molecule has 0 saturated carbocycles. The Morgan fingerprint density at radius 1 is 0.741 bits per heavy atom. The third kappa shape index (κ3) is 20.4. The van der Waals surface area contributed by atoms with Gasteiger partial charge in [-0.25, -0.2) is 0 Å². The van der Waals surface area contributed by atoms with E-state index < -0.39 is 16.6 Å². The number of esters is 1. The molecule has 0 aliphatic rings. The molecule has 0 aromatic heterocycles. The maximum atomic E-state index is 12.0. The second-order valence-electron chi connectivity index (χ2n) is 9.54. The molecule has 4 nitrogen and oxygen atoms in total. The van der Waals surface area contributed by atoms with Gasteiger partial charge in [-0.15, -0.1) is 0 Å². The Kier molecular flexibility index (Phi) is 14.7. The number of unbranched alkanes of at least 4 members (excludes halogenated alkanes) is 8. The standard InChI is InChI=1S/C21H46O4Si2/c1-8-9-10-11-12-13-14-15-16-17-21(22)23-18-20(25-27(5,6)7)19-24-26(2,3)4/h20H,8-19H2,1-7H3. The van der Waals surface area contributed by atoms with Gasteiger partial charge in [-0.3, -0.25) is 4.79 Å². The second kappa shape index (κ2) is 14.8. The topological polar surface area (TPSA) is 44.8 Å². The summed E-state index contributed by atoms with van der Waals surface area (Å²) in [6.07, 6.45) is 11.7. The summed E-state index contributed by atoms with van der Waals surface area (Å²) in [5.74, 6) is -0.102. The molecule has 0 rings (SSSR count). The summed E-state index contributed by atoms with van der Waals surface area (Å²) in [6, 6.07) is 0. The zero-order chi connectivity index (χ0) is 20.8. The Hall–Kier alpha value is -0.176. The average molecular weight is 419 g/mol. The van der Waals surface area contributed by atoms with Crippen LogP contribution >= 0.6 is 0 Å². The predicted octanol–water partition coefficient (Wildman–Crippen LogP) is 6.52. The van der Waals surface area contributed by atoms with Gasteiger partial charge in [0.15, 0.2) is 16.6 Å². The highest BCUT2D eigenvalue weighted by Crippen LogP contribution is 2.13. The van der Waals surface area contributed by atoms with Crippen molar-refractivity contribution < 1.29 is 18.4 Å². The maximum absolute atomic E-state index is 12.0. The molecule has 0 fully saturated rings. The van der Waals surface area contributed by atoms with Gasteiger partial charge >= 0.3 is 5.97 Å². The molecule has 0 aromatic rings. The van der Waals surface area contributed by atoms with Crippen LogP contribution in [0.25, 0.3) is 0 Å². The van der Waals surface area contributed by atoms with E-state index in [0.717, 1.165) is 12.8 Å². The van der Waals surface area contributed by atoms with Gasteiger partial charge < -0.3 is 13.6 Å². The molecule has 0 aliphatic carbocycles. The van der Waals surface area contributed by atoms with Crippen molar-refractivity contribution in [3.63, 3.8) is 0 Å². The van der Waals surface area contributed by atoms with E-state index >= 15 is 0 Å². The van der Waals surface area contributed by atoms with Crippen molar-refractivity contribution in [2.45, 2.75) is 117 Å². The Morgan fingerprint density at radius 3 is 1.74 bits per heavy atom. The minimum atomic E-state index is -1.70. The molecule has 0 aliphatic heterocycles. The molecule has 1 atom stereocenters. The summed E-state index contributed by atoms with van der Waals surface area (Å²) in [5, 5.41) is 0. The first-order valence-corrected chi connectivity index (χ1v) is 17.8. The fourth-order valence-corrected chi connectivity index (χ4v) is 4.62. The van der Waals surface area contributed by atoms with E-state index in [1.165, 1.54) is 44.9 Å². The van der Waals surface area contributed by atoms with Gasteiger partial charge in [0.25, 0.3) is 0 Å². The minimum absolute atomic E-state index is 0.102. The Bertz CT molecular complexity index is 375. The summed E-state index contributed by atoms with van der Waals surface area (Å²) in [6.45, 7) is 16.0. The first-order valence-electron chi connectivity index (χ1n) is 11.0. The number of carbonyl (C=O) groups is 1. The third-order valence-corrected chi connectivity index (χ3v) is 6.21. The molecule has 0 aromatic carbocycles. The van der Waals surface area contributed by atoms with Gasteiger partial charge in [0.2, 0.25) is 0 Å². The van der Waals surface area contributed by atoms with Crippen LogP contribution < -0.4 is 0 Å². The van der Waals surface area contributed by atoms with Crippen LogP contribution in [0.5, 0.6) is 0 Å². The number of hydrogen-bond donors (Lipinski definition) is 0. The molecular formula is C21H46O4Si2. The highest BCUT2D eigenvalue weighted by atomic mass is 28.4. The van der Waals surface area contributed by atoms with Gasteiger partial charge in [-0.05, 0) is 45.7 Å². The lowest BCUT2D eigenvalue weighted by Gasteiger charge is -2.28. The number of ether oxygens (including phenoxy) is 1. The zero-order valence-electron chi connectivity index (χ0n) is 19.2. The molecule has 162 valence electrons. The van der Waals surface area contributed by atoms with Crippen LogP contribution in [0.15, 0.2) is 0 Å². The van der Waals surface area contributed by atoms with Crippen molar-refractivity contribution in [3.05, 3.63) is 0 Å². The smallest absolute Gasteiger partial charge is 0.305 e. The molecule has 0 bridgehead atoms. The van der Waals surface area contributed by atoms with Crippen LogP contribution in [0.4, 0.5) is 0 Å². The summed E-state index contributed by atoms with van der Waals surface area (Å²) < 4.78 is 17.6. The third-order valence-electron chi connectivity index (χ3n) is 4.14. The van der Waals surface area contributed by atoms with Gasteiger partial charge in [0.1, 0.15) is 12.7 Å².